The Morgan fingerprint density at radius 3 is 2.68 bits per heavy atom. The number of hydrogen-bond acceptors (Lipinski definition) is 5. The first-order chi connectivity index (χ1) is 13.4. The second-order valence-corrected chi connectivity index (χ2v) is 6.58. The molecule has 28 heavy (non-hydrogen) atoms. The summed E-state index contributed by atoms with van der Waals surface area (Å²) in [5.74, 6) is -0.657. The van der Waals surface area contributed by atoms with Crippen molar-refractivity contribution in [3.8, 4) is 0 Å². The van der Waals surface area contributed by atoms with Crippen molar-refractivity contribution < 1.29 is 19.2 Å². The number of ether oxygens (including phenoxy) is 1. The predicted molar refractivity (Wildman–Crippen MR) is 103 cm³/mol. The van der Waals surface area contributed by atoms with E-state index in [4.69, 9.17) is 4.74 Å². The molecule has 0 bridgehead atoms. The number of hydrogen-bond donors (Lipinski definition) is 0. The van der Waals surface area contributed by atoms with E-state index < -0.39 is 23.0 Å². The van der Waals surface area contributed by atoms with Gasteiger partial charge in [0.05, 0.1) is 17.4 Å². The van der Waals surface area contributed by atoms with E-state index in [9.17, 15) is 19.7 Å². The Labute approximate surface area is 162 Å². The molecule has 1 heterocycles. The first kappa shape index (κ1) is 19.3. The summed E-state index contributed by atoms with van der Waals surface area (Å²) >= 11 is 0. The maximum atomic E-state index is 12.6. The second-order valence-electron chi connectivity index (χ2n) is 6.58. The van der Waals surface area contributed by atoms with Gasteiger partial charge in [0.25, 0.3) is 5.69 Å². The number of carbonyl (C=O) groups excluding carboxylic acids is 2. The van der Waals surface area contributed by atoms with Gasteiger partial charge in [-0.2, -0.15) is 0 Å². The summed E-state index contributed by atoms with van der Waals surface area (Å²) in [5.41, 5.74) is 2.30. The zero-order chi connectivity index (χ0) is 20.3. The SMILES string of the molecule is CC(=O)N1C=Cc2ccccc2[C@H]1CC(=O)O[C@@H](C)c1cccc([N+](=O)[O-])c1. The molecule has 2 aromatic rings. The maximum absolute atomic E-state index is 12.6. The average Bonchev–Trinajstić information content (AvgIpc) is 2.68. The van der Waals surface area contributed by atoms with Gasteiger partial charge in [0, 0.05) is 25.3 Å². The summed E-state index contributed by atoms with van der Waals surface area (Å²) in [6, 6.07) is 13.1. The first-order valence-corrected chi connectivity index (χ1v) is 8.86. The van der Waals surface area contributed by atoms with Crippen LogP contribution in [0.1, 0.15) is 49.1 Å². The van der Waals surface area contributed by atoms with E-state index in [1.54, 1.807) is 25.3 Å². The Bertz CT molecular complexity index is 953. The molecule has 0 aliphatic carbocycles. The molecule has 1 aliphatic heterocycles. The van der Waals surface area contributed by atoms with E-state index in [0.717, 1.165) is 11.1 Å². The Hall–Kier alpha value is -3.48. The van der Waals surface area contributed by atoms with Gasteiger partial charge in [-0.3, -0.25) is 19.7 Å². The first-order valence-electron chi connectivity index (χ1n) is 8.86. The monoisotopic (exact) mass is 380 g/mol. The van der Waals surface area contributed by atoms with E-state index in [1.165, 1.54) is 24.0 Å². The Kier molecular flexibility index (Phi) is 5.54. The third-order valence-corrected chi connectivity index (χ3v) is 4.69. The fourth-order valence-corrected chi connectivity index (χ4v) is 3.28. The fourth-order valence-electron chi connectivity index (χ4n) is 3.28. The Balaban J connectivity index is 1.76. The van der Waals surface area contributed by atoms with Crippen molar-refractivity contribution in [1.82, 2.24) is 4.90 Å². The summed E-state index contributed by atoms with van der Waals surface area (Å²) in [6.45, 7) is 3.11. The summed E-state index contributed by atoms with van der Waals surface area (Å²) in [5, 5.41) is 10.9. The van der Waals surface area contributed by atoms with Gasteiger partial charge in [0.1, 0.15) is 6.10 Å². The molecule has 1 aliphatic rings. The fraction of sp³-hybridized carbons (Fsp3) is 0.238. The molecule has 144 valence electrons. The quantitative estimate of drug-likeness (QED) is 0.441. The van der Waals surface area contributed by atoms with E-state index >= 15 is 0 Å². The zero-order valence-corrected chi connectivity index (χ0v) is 15.6. The smallest absolute Gasteiger partial charge is 0.308 e. The van der Waals surface area contributed by atoms with Crippen molar-refractivity contribution in [1.29, 1.82) is 0 Å². The van der Waals surface area contributed by atoms with E-state index in [0.29, 0.717) is 5.56 Å². The van der Waals surface area contributed by atoms with E-state index in [1.807, 2.05) is 30.3 Å². The lowest BCUT2D eigenvalue weighted by molar-refractivity contribution is -0.385. The van der Waals surface area contributed by atoms with Gasteiger partial charge >= 0.3 is 5.97 Å². The predicted octanol–water partition coefficient (Wildman–Crippen LogP) is 4.16. The van der Waals surface area contributed by atoms with Crippen LogP contribution in [0.5, 0.6) is 0 Å². The van der Waals surface area contributed by atoms with E-state index in [2.05, 4.69) is 0 Å². The topological polar surface area (TPSA) is 89.8 Å². The van der Waals surface area contributed by atoms with Crippen molar-refractivity contribution in [2.24, 2.45) is 0 Å². The molecule has 1 amide bonds. The number of nitro benzene ring substituents is 1. The molecule has 0 unspecified atom stereocenters. The molecular weight excluding hydrogens is 360 g/mol. The lowest BCUT2D eigenvalue weighted by atomic mass is 9.94. The van der Waals surface area contributed by atoms with Crippen LogP contribution in [0.25, 0.3) is 6.08 Å². The highest BCUT2D eigenvalue weighted by molar-refractivity contribution is 5.80. The molecular formula is C21H20N2O5. The van der Waals surface area contributed by atoms with Gasteiger partial charge in [0.2, 0.25) is 5.91 Å². The number of rotatable bonds is 5. The van der Waals surface area contributed by atoms with Crippen LogP contribution in [0, 0.1) is 10.1 Å². The molecule has 7 heteroatoms. The second kappa shape index (κ2) is 8.04. The van der Waals surface area contributed by atoms with Crippen LogP contribution in [0.15, 0.2) is 54.7 Å². The molecule has 0 aromatic heterocycles. The van der Waals surface area contributed by atoms with Crippen LogP contribution >= 0.6 is 0 Å². The standard InChI is InChI=1S/C21H20N2O5/c1-14(17-7-5-8-18(12-17)23(26)27)28-21(25)13-20-19-9-4-3-6-16(19)10-11-22(20)15(2)24/h3-12,14,20H,13H2,1-2H3/t14-,20+/m0/s1. The number of non-ortho nitro benzene ring substituents is 1. The van der Waals surface area contributed by atoms with Gasteiger partial charge in [-0.15, -0.1) is 0 Å². The van der Waals surface area contributed by atoms with Gasteiger partial charge < -0.3 is 9.64 Å². The molecule has 3 rings (SSSR count). The highest BCUT2D eigenvalue weighted by atomic mass is 16.6. The molecule has 2 aromatic carbocycles. The normalized spacial score (nSPS) is 16.2. The Morgan fingerprint density at radius 1 is 1.21 bits per heavy atom. The number of benzene rings is 2. The average molecular weight is 380 g/mol. The van der Waals surface area contributed by atoms with Gasteiger partial charge in [0.15, 0.2) is 0 Å². The van der Waals surface area contributed by atoms with Crippen LogP contribution < -0.4 is 0 Å². The van der Waals surface area contributed by atoms with Gasteiger partial charge in [-0.1, -0.05) is 36.4 Å². The minimum atomic E-state index is -0.646. The minimum absolute atomic E-state index is 0.0137. The molecule has 0 N–H and O–H groups in total. The molecule has 0 spiro atoms. The van der Waals surface area contributed by atoms with Gasteiger partial charge in [-0.25, -0.2) is 0 Å². The maximum Gasteiger partial charge on any atom is 0.308 e. The number of carbonyl (C=O) groups is 2. The van der Waals surface area contributed by atoms with Crippen LogP contribution in [0.4, 0.5) is 5.69 Å². The zero-order valence-electron chi connectivity index (χ0n) is 15.6. The number of esters is 1. The summed E-state index contributed by atoms with van der Waals surface area (Å²) in [6.07, 6.45) is 2.85. The Morgan fingerprint density at radius 2 is 1.96 bits per heavy atom. The largest absolute Gasteiger partial charge is 0.458 e. The van der Waals surface area contributed by atoms with Crippen molar-refractivity contribution in [3.63, 3.8) is 0 Å². The summed E-state index contributed by atoms with van der Waals surface area (Å²) in [7, 11) is 0. The minimum Gasteiger partial charge on any atom is -0.458 e. The van der Waals surface area contributed by atoms with Crippen LogP contribution in [-0.2, 0) is 14.3 Å². The molecule has 0 saturated heterocycles. The number of nitro groups is 1. The van der Waals surface area contributed by atoms with Crippen LogP contribution in [-0.4, -0.2) is 21.7 Å². The summed E-state index contributed by atoms with van der Waals surface area (Å²) in [4.78, 5) is 36.5. The van der Waals surface area contributed by atoms with Gasteiger partial charge in [-0.05, 0) is 29.7 Å². The number of amides is 1. The molecule has 7 nitrogen and oxygen atoms in total. The van der Waals surface area contributed by atoms with Crippen molar-refractivity contribution >= 4 is 23.6 Å². The molecule has 0 fully saturated rings. The van der Waals surface area contributed by atoms with Crippen LogP contribution in [0.2, 0.25) is 0 Å². The van der Waals surface area contributed by atoms with E-state index in [-0.39, 0.29) is 18.0 Å². The molecule has 0 saturated carbocycles. The molecule has 2 atom stereocenters. The highest BCUT2D eigenvalue weighted by Gasteiger charge is 2.29. The van der Waals surface area contributed by atoms with Crippen LogP contribution in [0.3, 0.4) is 0 Å². The third kappa shape index (κ3) is 4.09. The van der Waals surface area contributed by atoms with Crippen molar-refractivity contribution in [2.75, 3.05) is 0 Å². The highest BCUT2D eigenvalue weighted by Crippen LogP contribution is 2.33. The van der Waals surface area contributed by atoms with Crippen molar-refractivity contribution in [2.45, 2.75) is 32.4 Å². The molecule has 0 radical (unpaired) electrons. The number of nitrogens with zero attached hydrogens (tertiary/aromatic N) is 2. The lowest BCUT2D eigenvalue weighted by Crippen LogP contribution is -2.32. The lowest BCUT2D eigenvalue weighted by Gasteiger charge is -2.32. The summed E-state index contributed by atoms with van der Waals surface area (Å²) < 4.78 is 5.49. The third-order valence-electron chi connectivity index (χ3n) is 4.69. The van der Waals surface area contributed by atoms with Crippen molar-refractivity contribution in [3.05, 3.63) is 81.5 Å². The number of fused-ring (bicyclic) bond motifs is 1.